The van der Waals surface area contributed by atoms with Crippen molar-refractivity contribution in [1.29, 1.82) is 0 Å². The van der Waals surface area contributed by atoms with E-state index < -0.39 is 0 Å². The third kappa shape index (κ3) is 2.96. The van der Waals surface area contributed by atoms with E-state index in [0.29, 0.717) is 29.4 Å². The zero-order chi connectivity index (χ0) is 17.6. The molecule has 0 saturated heterocycles. The zero-order valence-electron chi connectivity index (χ0n) is 14.1. The van der Waals surface area contributed by atoms with Crippen molar-refractivity contribution in [3.8, 4) is 11.4 Å². The summed E-state index contributed by atoms with van der Waals surface area (Å²) in [6.45, 7) is 4.86. The molecule has 3 aromatic rings. The molecule has 5 nitrogen and oxygen atoms in total. The van der Waals surface area contributed by atoms with Gasteiger partial charge in [-0.1, -0.05) is 11.6 Å². The van der Waals surface area contributed by atoms with Crippen molar-refractivity contribution in [3.63, 3.8) is 0 Å². The largest absolute Gasteiger partial charge is 0.466 e. The number of fused-ring (bicyclic) bond motifs is 1. The van der Waals surface area contributed by atoms with Gasteiger partial charge in [-0.2, -0.15) is 0 Å². The van der Waals surface area contributed by atoms with Gasteiger partial charge in [0.1, 0.15) is 17.3 Å². The molecule has 1 aliphatic heterocycles. The number of carbonyl (C=O) groups is 1. The number of nitrogens with one attached hydrogen (secondary N) is 1. The van der Waals surface area contributed by atoms with Gasteiger partial charge >= 0.3 is 0 Å². The Bertz CT molecular complexity index is 940. The maximum atomic E-state index is 12.8. The van der Waals surface area contributed by atoms with E-state index in [0.717, 1.165) is 35.0 Å². The number of rotatable bonds is 2. The summed E-state index contributed by atoms with van der Waals surface area (Å²) >= 11 is 5.94. The third-order valence-corrected chi connectivity index (χ3v) is 4.76. The van der Waals surface area contributed by atoms with E-state index >= 15 is 0 Å². The third-order valence-electron chi connectivity index (χ3n) is 4.51. The van der Waals surface area contributed by atoms with Crippen molar-refractivity contribution >= 4 is 17.5 Å². The van der Waals surface area contributed by atoms with Gasteiger partial charge in [-0.25, -0.2) is 4.98 Å². The average Bonchev–Trinajstić information content (AvgIpc) is 3.16. The molecule has 0 aliphatic carbocycles. The number of benzene rings is 1. The van der Waals surface area contributed by atoms with Crippen LogP contribution < -0.4 is 0 Å². The fourth-order valence-corrected chi connectivity index (χ4v) is 3.35. The van der Waals surface area contributed by atoms with E-state index in [2.05, 4.69) is 9.97 Å². The van der Waals surface area contributed by atoms with Crippen molar-refractivity contribution in [2.45, 2.75) is 26.8 Å². The zero-order valence-corrected chi connectivity index (χ0v) is 14.9. The number of halogens is 1. The molecular formula is C19H18ClN3O2. The van der Waals surface area contributed by atoms with E-state index in [-0.39, 0.29) is 5.91 Å². The number of aromatic nitrogens is 2. The smallest absolute Gasteiger partial charge is 0.257 e. The minimum Gasteiger partial charge on any atom is -0.466 e. The van der Waals surface area contributed by atoms with Crippen LogP contribution in [0.5, 0.6) is 0 Å². The molecule has 1 N–H and O–H groups in total. The van der Waals surface area contributed by atoms with E-state index in [4.69, 9.17) is 16.0 Å². The molecule has 1 aliphatic rings. The van der Waals surface area contributed by atoms with Crippen molar-refractivity contribution in [2.75, 3.05) is 6.54 Å². The molecule has 0 saturated carbocycles. The first kappa shape index (κ1) is 16.0. The predicted octanol–water partition coefficient (Wildman–Crippen LogP) is 4.14. The number of hydrogen-bond donors (Lipinski definition) is 1. The monoisotopic (exact) mass is 355 g/mol. The number of carbonyl (C=O) groups excluding carboxylic acids is 1. The molecule has 0 radical (unpaired) electrons. The topological polar surface area (TPSA) is 62.1 Å². The van der Waals surface area contributed by atoms with Gasteiger partial charge in [0.05, 0.1) is 23.5 Å². The SMILES string of the molecule is Cc1cc(C(=O)N2CCc3nc(-c4ccc(Cl)cc4)[nH]c3C2)c(C)o1. The minimum absolute atomic E-state index is 0.00245. The van der Waals surface area contributed by atoms with Gasteiger partial charge in [-0.3, -0.25) is 4.79 Å². The Hall–Kier alpha value is -2.53. The summed E-state index contributed by atoms with van der Waals surface area (Å²) in [5, 5.41) is 0.697. The van der Waals surface area contributed by atoms with Crippen LogP contribution in [0.15, 0.2) is 34.7 Å². The maximum absolute atomic E-state index is 12.8. The molecule has 0 atom stereocenters. The number of furan rings is 1. The Morgan fingerprint density at radius 1 is 1.28 bits per heavy atom. The number of hydrogen-bond acceptors (Lipinski definition) is 3. The lowest BCUT2D eigenvalue weighted by Crippen LogP contribution is -2.36. The Morgan fingerprint density at radius 2 is 2.04 bits per heavy atom. The van der Waals surface area contributed by atoms with Crippen molar-refractivity contribution in [1.82, 2.24) is 14.9 Å². The van der Waals surface area contributed by atoms with Crippen LogP contribution in [0.4, 0.5) is 0 Å². The second kappa shape index (κ2) is 6.08. The van der Waals surface area contributed by atoms with Gasteiger partial charge < -0.3 is 14.3 Å². The molecule has 0 fully saturated rings. The predicted molar refractivity (Wildman–Crippen MR) is 95.7 cm³/mol. The summed E-state index contributed by atoms with van der Waals surface area (Å²) in [5.41, 5.74) is 3.63. The first-order chi connectivity index (χ1) is 12.0. The lowest BCUT2D eigenvalue weighted by molar-refractivity contribution is 0.0730. The summed E-state index contributed by atoms with van der Waals surface area (Å²) in [4.78, 5) is 22.6. The number of imidazole rings is 1. The molecule has 0 spiro atoms. The second-order valence-corrected chi connectivity index (χ2v) is 6.76. The van der Waals surface area contributed by atoms with Gasteiger partial charge in [0, 0.05) is 23.6 Å². The normalized spacial score (nSPS) is 13.8. The van der Waals surface area contributed by atoms with Crippen LogP contribution in [0.2, 0.25) is 5.02 Å². The summed E-state index contributed by atoms with van der Waals surface area (Å²) in [7, 11) is 0. The summed E-state index contributed by atoms with van der Waals surface area (Å²) < 4.78 is 5.49. The molecule has 1 amide bonds. The lowest BCUT2D eigenvalue weighted by Gasteiger charge is -2.26. The standard InChI is InChI=1S/C19H18ClN3O2/c1-11-9-15(12(2)25-11)19(24)23-8-7-16-17(10-23)22-18(21-16)13-3-5-14(20)6-4-13/h3-6,9H,7-8,10H2,1-2H3,(H,21,22). The molecule has 25 heavy (non-hydrogen) atoms. The molecule has 128 valence electrons. The van der Waals surface area contributed by atoms with Gasteiger partial charge in [0.15, 0.2) is 0 Å². The highest BCUT2D eigenvalue weighted by Crippen LogP contribution is 2.25. The highest BCUT2D eigenvalue weighted by Gasteiger charge is 2.26. The lowest BCUT2D eigenvalue weighted by atomic mass is 10.1. The molecule has 2 aromatic heterocycles. The molecule has 1 aromatic carbocycles. The van der Waals surface area contributed by atoms with Crippen LogP contribution in [0.3, 0.4) is 0 Å². The summed E-state index contributed by atoms with van der Waals surface area (Å²) in [6.07, 6.45) is 0.737. The van der Waals surface area contributed by atoms with Crippen molar-refractivity contribution < 1.29 is 9.21 Å². The Kier molecular flexibility index (Phi) is 3.88. The number of aryl methyl sites for hydroxylation is 2. The van der Waals surface area contributed by atoms with E-state index in [1.807, 2.05) is 43.0 Å². The second-order valence-electron chi connectivity index (χ2n) is 6.32. The average molecular weight is 356 g/mol. The summed E-state index contributed by atoms with van der Waals surface area (Å²) in [5.74, 6) is 2.24. The number of nitrogens with zero attached hydrogens (tertiary/aromatic N) is 2. The highest BCUT2D eigenvalue weighted by molar-refractivity contribution is 6.30. The van der Waals surface area contributed by atoms with Crippen LogP contribution in [0, 0.1) is 13.8 Å². The van der Waals surface area contributed by atoms with Crippen LogP contribution in [-0.4, -0.2) is 27.3 Å². The van der Waals surface area contributed by atoms with Crippen LogP contribution in [0.1, 0.15) is 33.3 Å². The highest BCUT2D eigenvalue weighted by atomic mass is 35.5. The van der Waals surface area contributed by atoms with Gasteiger partial charge in [0.25, 0.3) is 5.91 Å². The molecule has 6 heteroatoms. The van der Waals surface area contributed by atoms with Gasteiger partial charge in [-0.05, 0) is 44.2 Å². The van der Waals surface area contributed by atoms with Crippen molar-refractivity contribution in [2.24, 2.45) is 0 Å². The number of aromatic amines is 1. The molecule has 3 heterocycles. The fourth-order valence-electron chi connectivity index (χ4n) is 3.23. The van der Waals surface area contributed by atoms with Gasteiger partial charge in [0.2, 0.25) is 0 Å². The maximum Gasteiger partial charge on any atom is 0.257 e. The molecule has 0 unspecified atom stereocenters. The Labute approximate surface area is 150 Å². The Balaban J connectivity index is 1.58. The van der Waals surface area contributed by atoms with E-state index in [1.54, 1.807) is 6.07 Å². The fraction of sp³-hybridized carbons (Fsp3) is 0.263. The first-order valence-corrected chi connectivity index (χ1v) is 8.59. The molecular weight excluding hydrogens is 338 g/mol. The number of H-pyrrole nitrogens is 1. The van der Waals surface area contributed by atoms with Gasteiger partial charge in [-0.15, -0.1) is 0 Å². The van der Waals surface area contributed by atoms with Crippen LogP contribution in [-0.2, 0) is 13.0 Å². The molecule has 4 rings (SSSR count). The minimum atomic E-state index is 0.00245. The Morgan fingerprint density at radius 3 is 2.72 bits per heavy atom. The molecule has 0 bridgehead atoms. The number of amides is 1. The first-order valence-electron chi connectivity index (χ1n) is 8.21. The van der Waals surface area contributed by atoms with Crippen LogP contribution >= 0.6 is 11.6 Å². The van der Waals surface area contributed by atoms with Crippen LogP contribution in [0.25, 0.3) is 11.4 Å². The quantitative estimate of drug-likeness (QED) is 0.751. The summed E-state index contributed by atoms with van der Waals surface area (Å²) in [6, 6.07) is 9.37. The van der Waals surface area contributed by atoms with E-state index in [1.165, 1.54) is 0 Å². The van der Waals surface area contributed by atoms with Crippen molar-refractivity contribution in [3.05, 3.63) is 63.8 Å². The van der Waals surface area contributed by atoms with E-state index in [9.17, 15) is 4.79 Å².